The van der Waals surface area contributed by atoms with Crippen LogP contribution in [-0.4, -0.2) is 48.4 Å². The first kappa shape index (κ1) is 19.9. The second-order valence-electron chi connectivity index (χ2n) is 7.70. The first-order valence-corrected chi connectivity index (χ1v) is 10.3. The third-order valence-electron chi connectivity index (χ3n) is 5.41. The zero-order valence-corrected chi connectivity index (χ0v) is 17.6. The first-order chi connectivity index (χ1) is 15.5. The molecular formula is C22H21FN8O. The van der Waals surface area contributed by atoms with Crippen LogP contribution >= 0.6 is 0 Å². The van der Waals surface area contributed by atoms with Crippen molar-refractivity contribution in [3.8, 4) is 17.2 Å². The molecule has 1 fully saturated rings. The van der Waals surface area contributed by atoms with Crippen LogP contribution in [0.4, 0.5) is 20.7 Å². The third-order valence-corrected chi connectivity index (χ3v) is 5.41. The minimum Gasteiger partial charge on any atom is -0.310 e. The van der Waals surface area contributed by atoms with Crippen molar-refractivity contribution in [2.45, 2.75) is 19.9 Å². The van der Waals surface area contributed by atoms with Crippen molar-refractivity contribution >= 4 is 17.5 Å². The molecular weight excluding hydrogens is 411 g/mol. The highest BCUT2D eigenvalue weighted by Gasteiger charge is 2.33. The SMILES string of the molecule is CC(C)n1cnnc1-c1cccc(N2CCN(c3cccc(-n4ccnc4)c3F)C2=O)n1. The Bertz CT molecular complexity index is 1270. The molecule has 0 bridgehead atoms. The molecule has 4 heterocycles. The van der Waals surface area contributed by atoms with Crippen LogP contribution in [0.1, 0.15) is 19.9 Å². The Morgan fingerprint density at radius 1 is 1.00 bits per heavy atom. The molecule has 32 heavy (non-hydrogen) atoms. The van der Waals surface area contributed by atoms with Gasteiger partial charge in [-0.1, -0.05) is 12.1 Å². The summed E-state index contributed by atoms with van der Waals surface area (Å²) in [7, 11) is 0. The summed E-state index contributed by atoms with van der Waals surface area (Å²) in [6, 6.07) is 10.2. The van der Waals surface area contributed by atoms with E-state index in [9.17, 15) is 4.79 Å². The second kappa shape index (κ2) is 7.88. The van der Waals surface area contributed by atoms with Gasteiger partial charge in [0.15, 0.2) is 11.6 Å². The molecule has 0 saturated carbocycles. The van der Waals surface area contributed by atoms with Crippen molar-refractivity contribution in [3.05, 3.63) is 67.3 Å². The number of halogens is 1. The van der Waals surface area contributed by atoms with Gasteiger partial charge in [-0.2, -0.15) is 0 Å². The molecule has 0 spiro atoms. The monoisotopic (exact) mass is 432 g/mol. The number of aromatic nitrogens is 6. The van der Waals surface area contributed by atoms with Crippen LogP contribution in [0.5, 0.6) is 0 Å². The topological polar surface area (TPSA) is 85.0 Å². The van der Waals surface area contributed by atoms with E-state index in [1.165, 1.54) is 11.2 Å². The molecule has 4 aromatic rings. The summed E-state index contributed by atoms with van der Waals surface area (Å²) in [5.41, 5.74) is 1.17. The number of anilines is 2. The average Bonchev–Trinajstić information content (AvgIpc) is 3.55. The van der Waals surface area contributed by atoms with E-state index in [0.717, 1.165) is 0 Å². The summed E-state index contributed by atoms with van der Waals surface area (Å²) in [6.07, 6.45) is 6.41. The summed E-state index contributed by atoms with van der Waals surface area (Å²) in [5.74, 6) is 0.636. The fourth-order valence-electron chi connectivity index (χ4n) is 3.79. The zero-order chi connectivity index (χ0) is 22.2. The first-order valence-electron chi connectivity index (χ1n) is 10.3. The highest BCUT2D eigenvalue weighted by molar-refractivity contribution is 6.05. The number of imidazole rings is 1. The number of hydrogen-bond acceptors (Lipinski definition) is 5. The molecule has 0 aliphatic carbocycles. The van der Waals surface area contributed by atoms with Crippen molar-refractivity contribution in [1.29, 1.82) is 0 Å². The maximum absolute atomic E-state index is 15.3. The Labute approximate surface area is 183 Å². The Kier molecular flexibility index (Phi) is 4.89. The number of benzene rings is 1. The molecule has 1 aliphatic heterocycles. The maximum Gasteiger partial charge on any atom is 0.330 e. The Balaban J connectivity index is 1.45. The highest BCUT2D eigenvalue weighted by Crippen LogP contribution is 2.30. The van der Waals surface area contributed by atoms with E-state index < -0.39 is 5.82 Å². The third kappa shape index (κ3) is 3.29. The number of hydrogen-bond donors (Lipinski definition) is 0. The molecule has 9 nitrogen and oxygen atoms in total. The van der Waals surface area contributed by atoms with Crippen molar-refractivity contribution in [3.63, 3.8) is 0 Å². The number of nitrogens with zero attached hydrogens (tertiary/aromatic N) is 8. The van der Waals surface area contributed by atoms with Crippen molar-refractivity contribution in [1.82, 2.24) is 29.3 Å². The lowest BCUT2D eigenvalue weighted by molar-refractivity contribution is 0.255. The van der Waals surface area contributed by atoms with Crippen molar-refractivity contribution < 1.29 is 9.18 Å². The van der Waals surface area contributed by atoms with Gasteiger partial charge < -0.3 is 9.13 Å². The molecule has 10 heteroatoms. The van der Waals surface area contributed by atoms with Crippen LogP contribution in [0, 0.1) is 5.82 Å². The van der Waals surface area contributed by atoms with Gasteiger partial charge in [-0.25, -0.2) is 19.2 Å². The second-order valence-corrected chi connectivity index (χ2v) is 7.70. The van der Waals surface area contributed by atoms with Crippen molar-refractivity contribution in [2.75, 3.05) is 22.9 Å². The molecule has 1 saturated heterocycles. The zero-order valence-electron chi connectivity index (χ0n) is 17.6. The van der Waals surface area contributed by atoms with E-state index in [0.29, 0.717) is 36.1 Å². The van der Waals surface area contributed by atoms with E-state index in [-0.39, 0.29) is 17.8 Å². The number of urea groups is 1. The van der Waals surface area contributed by atoms with E-state index in [1.807, 2.05) is 30.5 Å². The lowest BCUT2D eigenvalue weighted by Gasteiger charge is -2.20. The van der Waals surface area contributed by atoms with Gasteiger partial charge in [0.1, 0.15) is 17.8 Å². The molecule has 1 aromatic carbocycles. The van der Waals surface area contributed by atoms with Gasteiger partial charge in [0, 0.05) is 31.5 Å². The highest BCUT2D eigenvalue weighted by atomic mass is 19.1. The Morgan fingerprint density at radius 3 is 2.56 bits per heavy atom. The Morgan fingerprint density at radius 2 is 1.78 bits per heavy atom. The van der Waals surface area contributed by atoms with E-state index >= 15 is 4.39 Å². The molecule has 5 rings (SSSR count). The minimum atomic E-state index is -0.479. The lowest BCUT2D eigenvalue weighted by atomic mass is 10.2. The van der Waals surface area contributed by atoms with Gasteiger partial charge in [0.05, 0.1) is 17.7 Å². The van der Waals surface area contributed by atoms with E-state index in [2.05, 4.69) is 20.2 Å². The molecule has 0 radical (unpaired) electrons. The predicted molar refractivity (Wildman–Crippen MR) is 117 cm³/mol. The van der Waals surface area contributed by atoms with Crippen LogP contribution in [0.2, 0.25) is 0 Å². The molecule has 1 aliphatic rings. The van der Waals surface area contributed by atoms with Gasteiger partial charge in [-0.05, 0) is 38.1 Å². The molecule has 0 unspecified atom stereocenters. The molecule has 162 valence electrons. The van der Waals surface area contributed by atoms with E-state index in [4.69, 9.17) is 0 Å². The minimum absolute atomic E-state index is 0.167. The largest absolute Gasteiger partial charge is 0.330 e. The number of rotatable bonds is 5. The molecule has 0 atom stereocenters. The summed E-state index contributed by atoms with van der Waals surface area (Å²) in [4.78, 5) is 24.8. The average molecular weight is 432 g/mol. The van der Waals surface area contributed by atoms with Crippen LogP contribution in [0.25, 0.3) is 17.2 Å². The number of amides is 2. The molecule has 3 aromatic heterocycles. The number of pyridine rings is 1. The quantitative estimate of drug-likeness (QED) is 0.480. The van der Waals surface area contributed by atoms with Gasteiger partial charge in [0.25, 0.3) is 0 Å². The van der Waals surface area contributed by atoms with Gasteiger partial charge in [-0.3, -0.25) is 9.80 Å². The van der Waals surface area contributed by atoms with Crippen LogP contribution < -0.4 is 9.80 Å². The predicted octanol–water partition coefficient (Wildman–Crippen LogP) is 3.69. The number of carbonyl (C=O) groups is 1. The van der Waals surface area contributed by atoms with Gasteiger partial charge in [0.2, 0.25) is 0 Å². The summed E-state index contributed by atoms with van der Waals surface area (Å²) in [6.45, 7) is 4.80. The number of carbonyl (C=O) groups excluding carboxylic acids is 1. The maximum atomic E-state index is 15.3. The normalized spacial score (nSPS) is 14.1. The van der Waals surface area contributed by atoms with Crippen molar-refractivity contribution in [2.24, 2.45) is 0 Å². The van der Waals surface area contributed by atoms with Crippen LogP contribution in [0.15, 0.2) is 61.4 Å². The fourth-order valence-corrected chi connectivity index (χ4v) is 3.79. The van der Waals surface area contributed by atoms with Gasteiger partial charge >= 0.3 is 6.03 Å². The van der Waals surface area contributed by atoms with Crippen LogP contribution in [0.3, 0.4) is 0 Å². The molecule has 2 amide bonds. The standard InChI is InChI=1S/C22H21FN8O/c1-15(2)31-14-25-27-21(31)16-5-3-8-19(26-16)30-12-11-29(22(30)32)18-7-4-6-17(20(18)23)28-10-9-24-13-28/h3-10,13-15H,11-12H2,1-2H3. The van der Waals surface area contributed by atoms with Gasteiger partial charge in [-0.15, -0.1) is 10.2 Å². The fraction of sp³-hybridized carbons (Fsp3) is 0.227. The summed E-state index contributed by atoms with van der Waals surface area (Å²) < 4.78 is 18.8. The summed E-state index contributed by atoms with van der Waals surface area (Å²) >= 11 is 0. The Hall–Kier alpha value is -4.08. The summed E-state index contributed by atoms with van der Waals surface area (Å²) in [5, 5.41) is 8.17. The molecule has 0 N–H and O–H groups in total. The van der Waals surface area contributed by atoms with E-state index in [1.54, 1.807) is 52.5 Å². The lowest BCUT2D eigenvalue weighted by Crippen LogP contribution is -2.32. The van der Waals surface area contributed by atoms with Crippen LogP contribution in [-0.2, 0) is 0 Å². The smallest absolute Gasteiger partial charge is 0.310 e.